The molecule has 0 saturated carbocycles. The van der Waals surface area contributed by atoms with E-state index in [0.29, 0.717) is 12.2 Å². The summed E-state index contributed by atoms with van der Waals surface area (Å²) in [6, 6.07) is 13.7. The molecule has 3 heteroatoms. The topological polar surface area (TPSA) is 29.5 Å². The van der Waals surface area contributed by atoms with Crippen molar-refractivity contribution in [3.05, 3.63) is 71.0 Å². The molecule has 2 aromatic carbocycles. The van der Waals surface area contributed by atoms with Crippen LogP contribution in [0.1, 0.15) is 22.8 Å². The number of hydrogen-bond donors (Lipinski definition) is 1. The van der Waals surface area contributed by atoms with Gasteiger partial charge in [-0.05, 0) is 35.2 Å². The van der Waals surface area contributed by atoms with Gasteiger partial charge in [0.2, 0.25) is 0 Å². The van der Waals surface area contributed by atoms with E-state index in [2.05, 4.69) is 0 Å². The fourth-order valence-corrected chi connectivity index (χ4v) is 1.96. The minimum absolute atomic E-state index is 0.340. The molecule has 1 atom stereocenters. The lowest BCUT2D eigenvalue weighted by atomic mass is 10.00. The quantitative estimate of drug-likeness (QED) is 0.895. The lowest BCUT2D eigenvalue weighted by molar-refractivity contribution is 0.202. The Balaban J connectivity index is 2.13. The van der Waals surface area contributed by atoms with Crippen LogP contribution in [0.4, 0.5) is 4.39 Å². The van der Waals surface area contributed by atoms with Crippen LogP contribution < -0.4 is 0 Å². The van der Waals surface area contributed by atoms with Gasteiger partial charge in [-0.2, -0.15) is 0 Å². The molecular weight excluding hydrogens is 243 g/mol. The second-order valence-corrected chi connectivity index (χ2v) is 4.44. The summed E-state index contributed by atoms with van der Waals surface area (Å²) in [6.07, 6.45) is 0.0412. The first kappa shape index (κ1) is 13.7. The third kappa shape index (κ3) is 3.63. The number of hydrogen-bond acceptors (Lipinski definition) is 2. The lowest BCUT2D eigenvalue weighted by Gasteiger charge is -2.12. The predicted molar refractivity (Wildman–Crippen MR) is 72.5 cm³/mol. The van der Waals surface area contributed by atoms with Crippen LogP contribution in [0.3, 0.4) is 0 Å². The van der Waals surface area contributed by atoms with E-state index in [1.54, 1.807) is 19.2 Å². The highest BCUT2D eigenvalue weighted by molar-refractivity contribution is 5.32. The summed E-state index contributed by atoms with van der Waals surface area (Å²) in [5.74, 6) is -0.340. The summed E-state index contributed by atoms with van der Waals surface area (Å²) in [4.78, 5) is 0. The number of methoxy groups -OCH3 is 1. The maximum absolute atomic E-state index is 13.1. The van der Waals surface area contributed by atoms with Gasteiger partial charge in [-0.1, -0.05) is 36.4 Å². The summed E-state index contributed by atoms with van der Waals surface area (Å²) in [6.45, 7) is 0.672. The Morgan fingerprint density at radius 3 is 2.47 bits per heavy atom. The number of aliphatic hydroxyl groups is 1. The van der Waals surface area contributed by atoms with E-state index in [1.165, 1.54) is 12.1 Å². The lowest BCUT2D eigenvalue weighted by Crippen LogP contribution is -2.01. The Bertz CT molecular complexity index is 523. The number of ether oxygens (including phenoxy) is 1. The van der Waals surface area contributed by atoms with Gasteiger partial charge in [0.1, 0.15) is 11.9 Å². The molecule has 1 N–H and O–H groups in total. The molecule has 1 unspecified atom stereocenters. The number of benzene rings is 2. The van der Waals surface area contributed by atoms with Crippen LogP contribution in [0.2, 0.25) is 0 Å². The smallest absolute Gasteiger partial charge is 0.123 e. The Labute approximate surface area is 112 Å². The standard InChI is InChI=1S/C16H17FO2/c1-19-10-9-12-5-7-13(8-6-12)16(18)14-3-2-4-15(17)11-14/h2-8,11,16,18H,9-10H2,1H3. The van der Waals surface area contributed by atoms with Crippen molar-refractivity contribution in [3.8, 4) is 0 Å². The van der Waals surface area contributed by atoms with Crippen LogP contribution in [0.5, 0.6) is 0 Å². The molecule has 0 spiro atoms. The van der Waals surface area contributed by atoms with E-state index in [9.17, 15) is 9.50 Å². The molecule has 0 bridgehead atoms. The highest BCUT2D eigenvalue weighted by Gasteiger charge is 2.10. The van der Waals surface area contributed by atoms with Gasteiger partial charge >= 0.3 is 0 Å². The minimum atomic E-state index is -0.799. The molecule has 0 radical (unpaired) electrons. The van der Waals surface area contributed by atoms with Gasteiger partial charge in [-0.15, -0.1) is 0 Å². The molecule has 0 aromatic heterocycles. The van der Waals surface area contributed by atoms with Crippen LogP contribution in [-0.2, 0) is 11.2 Å². The van der Waals surface area contributed by atoms with Crippen LogP contribution in [-0.4, -0.2) is 18.8 Å². The second kappa shape index (κ2) is 6.45. The zero-order chi connectivity index (χ0) is 13.7. The highest BCUT2D eigenvalue weighted by Crippen LogP contribution is 2.22. The Morgan fingerprint density at radius 1 is 1.11 bits per heavy atom. The maximum atomic E-state index is 13.1. The van der Waals surface area contributed by atoms with Crippen molar-refractivity contribution in [2.75, 3.05) is 13.7 Å². The Hall–Kier alpha value is -1.71. The molecule has 0 aliphatic heterocycles. The van der Waals surface area contributed by atoms with E-state index in [4.69, 9.17) is 4.74 Å². The average molecular weight is 260 g/mol. The maximum Gasteiger partial charge on any atom is 0.123 e. The van der Waals surface area contributed by atoms with Crippen molar-refractivity contribution in [3.63, 3.8) is 0 Å². The third-order valence-electron chi connectivity index (χ3n) is 3.05. The normalized spacial score (nSPS) is 12.4. The van der Waals surface area contributed by atoms with Crippen molar-refractivity contribution >= 4 is 0 Å². The molecule has 2 nitrogen and oxygen atoms in total. The molecule has 2 aromatic rings. The number of rotatable bonds is 5. The van der Waals surface area contributed by atoms with E-state index in [1.807, 2.05) is 24.3 Å². The second-order valence-electron chi connectivity index (χ2n) is 4.44. The molecule has 0 amide bonds. The minimum Gasteiger partial charge on any atom is -0.384 e. The van der Waals surface area contributed by atoms with Crippen molar-refractivity contribution in [1.82, 2.24) is 0 Å². The Morgan fingerprint density at radius 2 is 1.84 bits per heavy atom. The fourth-order valence-electron chi connectivity index (χ4n) is 1.96. The van der Waals surface area contributed by atoms with Crippen molar-refractivity contribution in [2.45, 2.75) is 12.5 Å². The van der Waals surface area contributed by atoms with Gasteiger partial charge in [0.05, 0.1) is 6.61 Å². The van der Waals surface area contributed by atoms with Crippen LogP contribution in [0, 0.1) is 5.82 Å². The van der Waals surface area contributed by atoms with Gasteiger partial charge in [0.15, 0.2) is 0 Å². The van der Waals surface area contributed by atoms with Crippen molar-refractivity contribution in [2.24, 2.45) is 0 Å². The Kier molecular flexibility index (Phi) is 4.66. The first-order valence-electron chi connectivity index (χ1n) is 6.22. The first-order chi connectivity index (χ1) is 9.20. The van der Waals surface area contributed by atoms with Gasteiger partial charge in [0.25, 0.3) is 0 Å². The van der Waals surface area contributed by atoms with E-state index in [-0.39, 0.29) is 5.82 Å². The zero-order valence-electron chi connectivity index (χ0n) is 10.8. The van der Waals surface area contributed by atoms with E-state index >= 15 is 0 Å². The summed E-state index contributed by atoms with van der Waals surface area (Å²) in [5.41, 5.74) is 2.47. The molecule has 0 heterocycles. The highest BCUT2D eigenvalue weighted by atomic mass is 19.1. The van der Waals surface area contributed by atoms with Crippen molar-refractivity contribution in [1.29, 1.82) is 0 Å². The third-order valence-corrected chi connectivity index (χ3v) is 3.05. The van der Waals surface area contributed by atoms with Crippen LogP contribution in [0.25, 0.3) is 0 Å². The van der Waals surface area contributed by atoms with Gasteiger partial charge in [-0.25, -0.2) is 4.39 Å². The van der Waals surface area contributed by atoms with Crippen molar-refractivity contribution < 1.29 is 14.2 Å². The van der Waals surface area contributed by atoms with Crippen LogP contribution >= 0.6 is 0 Å². The monoisotopic (exact) mass is 260 g/mol. The molecule has 19 heavy (non-hydrogen) atoms. The molecular formula is C16H17FO2. The number of halogens is 1. The fraction of sp³-hybridized carbons (Fsp3) is 0.250. The van der Waals surface area contributed by atoms with Gasteiger partial charge in [0, 0.05) is 7.11 Å². The summed E-state index contributed by atoms with van der Waals surface area (Å²) in [7, 11) is 1.67. The van der Waals surface area contributed by atoms with E-state index < -0.39 is 6.10 Å². The van der Waals surface area contributed by atoms with Gasteiger partial charge in [-0.3, -0.25) is 0 Å². The van der Waals surface area contributed by atoms with E-state index in [0.717, 1.165) is 17.5 Å². The van der Waals surface area contributed by atoms with Crippen LogP contribution in [0.15, 0.2) is 48.5 Å². The molecule has 2 rings (SSSR count). The predicted octanol–water partition coefficient (Wildman–Crippen LogP) is 3.10. The molecule has 0 fully saturated rings. The molecule has 0 aliphatic rings. The summed E-state index contributed by atoms with van der Waals surface area (Å²) < 4.78 is 18.1. The molecule has 0 aliphatic carbocycles. The first-order valence-corrected chi connectivity index (χ1v) is 6.22. The largest absolute Gasteiger partial charge is 0.384 e. The zero-order valence-corrected chi connectivity index (χ0v) is 10.8. The molecule has 0 saturated heterocycles. The van der Waals surface area contributed by atoms with Gasteiger partial charge < -0.3 is 9.84 Å². The number of aliphatic hydroxyl groups excluding tert-OH is 1. The molecule has 100 valence electrons. The SMILES string of the molecule is COCCc1ccc(C(O)c2cccc(F)c2)cc1. The summed E-state index contributed by atoms with van der Waals surface area (Å²) in [5, 5.41) is 10.2. The summed E-state index contributed by atoms with van der Waals surface area (Å²) >= 11 is 0. The average Bonchev–Trinajstić information content (AvgIpc) is 2.45.